The van der Waals surface area contributed by atoms with Gasteiger partial charge in [0.05, 0.1) is 34.7 Å². The first-order chi connectivity index (χ1) is 19.9. The van der Waals surface area contributed by atoms with Crippen molar-refractivity contribution in [2.24, 2.45) is 0 Å². The number of carbonyl (C=O) groups excluding carboxylic acids is 3. The summed E-state index contributed by atoms with van der Waals surface area (Å²) in [5.74, 6) is -1.76. The summed E-state index contributed by atoms with van der Waals surface area (Å²) in [5.41, 5.74) is 2.26. The van der Waals surface area contributed by atoms with Gasteiger partial charge in [0.2, 0.25) is 11.8 Å². The molecule has 4 rings (SSSR count). The molecule has 0 bridgehead atoms. The van der Waals surface area contributed by atoms with Gasteiger partial charge in [-0.25, -0.2) is 13.4 Å². The Hall–Kier alpha value is -3.39. The molecule has 3 N–H and O–H groups in total. The van der Waals surface area contributed by atoms with Gasteiger partial charge >= 0.3 is 0 Å². The molecule has 0 saturated heterocycles. The number of methoxy groups -OCH3 is 2. The molecule has 1 unspecified atom stereocenters. The molecule has 13 heteroatoms. The van der Waals surface area contributed by atoms with Crippen LogP contribution in [0.15, 0.2) is 42.5 Å². The molecule has 1 saturated carbocycles. The fraction of sp³-hybridized carbons (Fsp3) is 0.448. The molecule has 1 aromatic heterocycles. The smallest absolute Gasteiger partial charge is 0.251 e. The van der Waals surface area contributed by atoms with E-state index in [9.17, 15) is 22.8 Å². The summed E-state index contributed by atoms with van der Waals surface area (Å²) < 4.78 is 37.4. The zero-order chi connectivity index (χ0) is 30.5. The van der Waals surface area contributed by atoms with Gasteiger partial charge in [-0.15, -0.1) is 11.3 Å². The van der Waals surface area contributed by atoms with E-state index in [-0.39, 0.29) is 41.8 Å². The molecule has 1 heterocycles. The molecule has 1 fully saturated rings. The van der Waals surface area contributed by atoms with Crippen molar-refractivity contribution in [2.45, 2.75) is 43.6 Å². The fourth-order valence-corrected chi connectivity index (χ4v) is 7.00. The van der Waals surface area contributed by atoms with Gasteiger partial charge in [-0.3, -0.25) is 14.4 Å². The molecule has 3 aromatic rings. The maximum atomic E-state index is 13.2. The zero-order valence-electron chi connectivity index (χ0n) is 24.1. The second-order valence-corrected chi connectivity index (χ2v) is 14.0. The third-order valence-corrected chi connectivity index (χ3v) is 10.00. The molecule has 3 amide bonds. The largest absolute Gasteiger partial charge is 0.384 e. The summed E-state index contributed by atoms with van der Waals surface area (Å²) in [7, 11) is -1.03. The summed E-state index contributed by atoms with van der Waals surface area (Å²) in [6.07, 6.45) is 1.79. The van der Waals surface area contributed by atoms with Crippen molar-refractivity contribution >= 4 is 49.1 Å². The number of nitrogens with zero attached hydrogens (tertiary/aromatic N) is 1. The van der Waals surface area contributed by atoms with E-state index < -0.39 is 26.6 Å². The highest BCUT2D eigenvalue weighted by atomic mass is 32.2. The molecular weight excluding hydrogens is 580 g/mol. The Kier molecular flexibility index (Phi) is 9.97. The first kappa shape index (κ1) is 31.5. The number of amides is 3. The highest BCUT2D eigenvalue weighted by Gasteiger charge is 2.37. The molecule has 1 aliphatic carbocycles. The van der Waals surface area contributed by atoms with Crippen LogP contribution in [0.25, 0.3) is 21.3 Å². The number of benzene rings is 2. The first-order valence-corrected chi connectivity index (χ1v) is 16.1. The van der Waals surface area contributed by atoms with Gasteiger partial charge in [-0.05, 0) is 62.1 Å². The molecule has 2 aromatic carbocycles. The van der Waals surface area contributed by atoms with Crippen LogP contribution in [-0.2, 0) is 28.9 Å². The Bertz CT molecular complexity index is 1550. The summed E-state index contributed by atoms with van der Waals surface area (Å²) in [6.45, 7) is 3.73. The predicted octanol–water partition coefficient (Wildman–Crippen LogP) is 2.62. The molecule has 1 atom stereocenters. The topological polar surface area (TPSA) is 153 Å². The van der Waals surface area contributed by atoms with Gasteiger partial charge in [0.25, 0.3) is 5.91 Å². The summed E-state index contributed by atoms with van der Waals surface area (Å²) >= 11 is 1.11. The SMILES string of the molecule is COCCS(=O)(=O)C(C(=O)NCC(=O)NC1CC1)c1nc2ccc(-c3ccc(C(=O)NCC(C)(C)OC)cc3)cc2s1. The van der Waals surface area contributed by atoms with E-state index in [0.29, 0.717) is 22.3 Å². The van der Waals surface area contributed by atoms with Crippen molar-refractivity contribution in [3.05, 3.63) is 53.0 Å². The Morgan fingerprint density at radius 1 is 1.05 bits per heavy atom. The quantitative estimate of drug-likeness (QED) is 0.250. The first-order valence-electron chi connectivity index (χ1n) is 13.5. The molecule has 1 aliphatic rings. The summed E-state index contributed by atoms with van der Waals surface area (Å²) in [6, 6.07) is 12.7. The van der Waals surface area contributed by atoms with Gasteiger partial charge < -0.3 is 25.4 Å². The molecular formula is C29H36N4O7S2. The van der Waals surface area contributed by atoms with Crippen LogP contribution in [-0.4, -0.2) is 82.4 Å². The van der Waals surface area contributed by atoms with E-state index in [1.54, 1.807) is 25.3 Å². The maximum absolute atomic E-state index is 13.2. The van der Waals surface area contributed by atoms with Gasteiger partial charge in [0, 0.05) is 32.4 Å². The summed E-state index contributed by atoms with van der Waals surface area (Å²) in [4.78, 5) is 42.3. The lowest BCUT2D eigenvalue weighted by atomic mass is 10.0. The van der Waals surface area contributed by atoms with Crippen molar-refractivity contribution in [3.8, 4) is 11.1 Å². The van der Waals surface area contributed by atoms with Crippen LogP contribution in [0.5, 0.6) is 0 Å². The number of thiazole rings is 1. The van der Waals surface area contributed by atoms with E-state index in [0.717, 1.165) is 35.3 Å². The molecule has 42 heavy (non-hydrogen) atoms. The van der Waals surface area contributed by atoms with Gasteiger partial charge in [0.1, 0.15) is 5.01 Å². The maximum Gasteiger partial charge on any atom is 0.251 e. The highest BCUT2D eigenvalue weighted by molar-refractivity contribution is 7.92. The van der Waals surface area contributed by atoms with E-state index >= 15 is 0 Å². The Labute approximate surface area is 249 Å². The van der Waals surface area contributed by atoms with Crippen LogP contribution in [0.3, 0.4) is 0 Å². The number of sulfone groups is 1. The normalized spacial score (nSPS) is 14.4. The predicted molar refractivity (Wildman–Crippen MR) is 161 cm³/mol. The monoisotopic (exact) mass is 616 g/mol. The number of ether oxygens (including phenoxy) is 2. The average molecular weight is 617 g/mol. The molecule has 226 valence electrons. The minimum Gasteiger partial charge on any atom is -0.384 e. The fourth-order valence-electron chi connectivity index (χ4n) is 4.03. The van der Waals surface area contributed by atoms with Crippen LogP contribution in [0.1, 0.15) is 47.3 Å². The Morgan fingerprint density at radius 2 is 1.74 bits per heavy atom. The van der Waals surface area contributed by atoms with E-state index in [1.807, 2.05) is 38.1 Å². The molecule has 0 aliphatic heterocycles. The Morgan fingerprint density at radius 3 is 2.38 bits per heavy atom. The average Bonchev–Trinajstić information content (AvgIpc) is 3.69. The van der Waals surface area contributed by atoms with E-state index in [2.05, 4.69) is 20.9 Å². The van der Waals surface area contributed by atoms with Crippen molar-refractivity contribution in [3.63, 3.8) is 0 Å². The van der Waals surface area contributed by atoms with Crippen LogP contribution >= 0.6 is 11.3 Å². The van der Waals surface area contributed by atoms with Gasteiger partial charge in [0.15, 0.2) is 15.1 Å². The number of hydrogen-bond acceptors (Lipinski definition) is 9. The third-order valence-electron chi connectivity index (χ3n) is 6.87. The van der Waals surface area contributed by atoms with Crippen LogP contribution < -0.4 is 16.0 Å². The van der Waals surface area contributed by atoms with Crippen LogP contribution in [0.2, 0.25) is 0 Å². The standard InChI is InChI=1S/C29H36N4O7S2/c1-29(2,40-4)17-31-26(35)19-7-5-18(6-8-19)20-9-12-22-23(15-20)41-28(33-22)25(42(37,38)14-13-39-3)27(36)30-16-24(34)32-21-10-11-21/h5-9,12,15,21,25H,10-11,13-14,16-17H2,1-4H3,(H,30,36)(H,31,35)(H,32,34). The van der Waals surface area contributed by atoms with Crippen LogP contribution in [0.4, 0.5) is 0 Å². The van der Waals surface area contributed by atoms with Crippen LogP contribution in [0, 0.1) is 0 Å². The molecule has 0 spiro atoms. The van der Waals surface area contributed by atoms with Gasteiger partial charge in [-0.2, -0.15) is 0 Å². The third kappa shape index (κ3) is 8.12. The number of aromatic nitrogens is 1. The summed E-state index contributed by atoms with van der Waals surface area (Å²) in [5, 5.41) is 6.63. The van der Waals surface area contributed by atoms with E-state index in [1.165, 1.54) is 7.11 Å². The second-order valence-electron chi connectivity index (χ2n) is 10.8. The molecule has 11 nitrogen and oxygen atoms in total. The number of nitrogens with one attached hydrogen (secondary N) is 3. The van der Waals surface area contributed by atoms with Crippen molar-refractivity contribution in [2.75, 3.05) is 39.7 Å². The van der Waals surface area contributed by atoms with E-state index in [4.69, 9.17) is 9.47 Å². The lowest BCUT2D eigenvalue weighted by Gasteiger charge is -2.23. The van der Waals surface area contributed by atoms with Crippen molar-refractivity contribution in [1.29, 1.82) is 0 Å². The van der Waals surface area contributed by atoms with Crippen molar-refractivity contribution < 1.29 is 32.3 Å². The highest BCUT2D eigenvalue weighted by Crippen LogP contribution is 2.34. The minimum absolute atomic E-state index is 0.0819. The van der Waals surface area contributed by atoms with Gasteiger partial charge in [-0.1, -0.05) is 18.2 Å². The number of hydrogen-bond donors (Lipinski definition) is 3. The Balaban J connectivity index is 1.54. The lowest BCUT2D eigenvalue weighted by molar-refractivity contribution is -0.126. The second kappa shape index (κ2) is 13.3. The zero-order valence-corrected chi connectivity index (χ0v) is 25.7. The van der Waals surface area contributed by atoms with Crippen molar-refractivity contribution in [1.82, 2.24) is 20.9 Å². The molecule has 0 radical (unpaired) electrons. The number of rotatable bonds is 14. The number of fused-ring (bicyclic) bond motifs is 1. The minimum atomic E-state index is -4.00. The lowest BCUT2D eigenvalue weighted by Crippen LogP contribution is -2.41. The number of carbonyl (C=O) groups is 3.